The number of ether oxygens (including phenoxy) is 2. The minimum absolute atomic E-state index is 0.181. The summed E-state index contributed by atoms with van der Waals surface area (Å²) >= 11 is 0. The molecule has 3 heterocycles. The van der Waals surface area contributed by atoms with Crippen LogP contribution in [0.4, 0.5) is 4.79 Å². The number of benzene rings is 1. The molecule has 2 aliphatic heterocycles. The number of pyridine rings is 1. The molecule has 2 aromatic rings. The SMILES string of the molecule is COC(=O)c1ccc(-c2ccc3c(c2)CC[C@H]3N2CC3(CCN(C(=O)OC(C)(C)C)CC3)C2)cn1. The number of aryl methyl sites for hydroxylation is 1. The summed E-state index contributed by atoms with van der Waals surface area (Å²) in [6.07, 6.45) is 5.89. The molecule has 2 fully saturated rings. The number of rotatable bonds is 3. The van der Waals surface area contributed by atoms with Gasteiger partial charge in [-0.05, 0) is 74.6 Å². The maximum absolute atomic E-state index is 12.4. The molecule has 2 saturated heterocycles. The van der Waals surface area contributed by atoms with Crippen LogP contribution in [0.3, 0.4) is 0 Å². The van der Waals surface area contributed by atoms with E-state index >= 15 is 0 Å². The lowest BCUT2D eigenvalue weighted by Gasteiger charge is -2.56. The third kappa shape index (κ3) is 4.79. The average molecular weight is 478 g/mol. The highest BCUT2D eigenvalue weighted by Gasteiger charge is 2.48. The number of piperidine rings is 1. The molecule has 1 aromatic heterocycles. The second-order valence-corrected chi connectivity index (χ2v) is 11.3. The first kappa shape index (κ1) is 23.8. The van der Waals surface area contributed by atoms with Gasteiger partial charge in [-0.1, -0.05) is 24.3 Å². The Morgan fingerprint density at radius 1 is 1.06 bits per heavy atom. The van der Waals surface area contributed by atoms with Gasteiger partial charge in [0.1, 0.15) is 11.3 Å². The van der Waals surface area contributed by atoms with Gasteiger partial charge in [-0.3, -0.25) is 4.90 Å². The summed E-state index contributed by atoms with van der Waals surface area (Å²) in [5.74, 6) is -0.420. The fourth-order valence-electron chi connectivity index (χ4n) is 5.79. The molecular weight excluding hydrogens is 442 g/mol. The molecule has 1 amide bonds. The van der Waals surface area contributed by atoms with E-state index in [0.717, 1.165) is 63.0 Å². The molecule has 7 heteroatoms. The van der Waals surface area contributed by atoms with Crippen LogP contribution in [0, 0.1) is 5.41 Å². The molecular formula is C28H35N3O4. The minimum atomic E-state index is -0.446. The molecule has 0 saturated carbocycles. The molecule has 0 N–H and O–H groups in total. The zero-order valence-corrected chi connectivity index (χ0v) is 21.2. The Labute approximate surface area is 207 Å². The van der Waals surface area contributed by atoms with Crippen molar-refractivity contribution in [3.05, 3.63) is 53.3 Å². The van der Waals surface area contributed by atoms with Crippen LogP contribution < -0.4 is 0 Å². The Morgan fingerprint density at radius 2 is 1.77 bits per heavy atom. The average Bonchev–Trinajstić information content (AvgIpc) is 3.24. The van der Waals surface area contributed by atoms with E-state index < -0.39 is 11.6 Å². The van der Waals surface area contributed by atoms with E-state index in [1.54, 1.807) is 12.3 Å². The number of hydrogen-bond acceptors (Lipinski definition) is 6. The van der Waals surface area contributed by atoms with Crippen molar-refractivity contribution in [2.45, 2.75) is 58.1 Å². The maximum Gasteiger partial charge on any atom is 0.410 e. The number of methoxy groups -OCH3 is 1. The minimum Gasteiger partial charge on any atom is -0.464 e. The van der Waals surface area contributed by atoms with Gasteiger partial charge in [-0.15, -0.1) is 0 Å². The zero-order chi connectivity index (χ0) is 24.8. The molecule has 3 aliphatic rings. The van der Waals surface area contributed by atoms with Crippen LogP contribution in [-0.4, -0.2) is 65.7 Å². The first-order valence-corrected chi connectivity index (χ1v) is 12.6. The van der Waals surface area contributed by atoms with E-state index in [9.17, 15) is 9.59 Å². The lowest BCUT2D eigenvalue weighted by molar-refractivity contribution is -0.0716. The molecule has 1 atom stereocenters. The highest BCUT2D eigenvalue weighted by atomic mass is 16.6. The van der Waals surface area contributed by atoms with Crippen molar-refractivity contribution in [1.82, 2.24) is 14.8 Å². The summed E-state index contributed by atoms with van der Waals surface area (Å²) in [5.41, 5.74) is 5.19. The molecule has 5 rings (SSSR count). The van der Waals surface area contributed by atoms with E-state index in [-0.39, 0.29) is 6.09 Å². The smallest absolute Gasteiger partial charge is 0.410 e. The molecule has 1 aliphatic carbocycles. The lowest BCUT2D eigenvalue weighted by Crippen LogP contribution is -2.61. The van der Waals surface area contributed by atoms with Crippen molar-refractivity contribution in [1.29, 1.82) is 0 Å². The van der Waals surface area contributed by atoms with Crippen LogP contribution in [0.1, 0.15) is 67.7 Å². The Balaban J connectivity index is 1.19. The van der Waals surface area contributed by atoms with Gasteiger partial charge < -0.3 is 14.4 Å². The van der Waals surface area contributed by atoms with E-state index in [1.165, 1.54) is 18.2 Å². The highest BCUT2D eigenvalue weighted by molar-refractivity contribution is 5.87. The van der Waals surface area contributed by atoms with Gasteiger partial charge in [0, 0.05) is 44.0 Å². The third-order valence-corrected chi connectivity index (χ3v) is 7.67. The zero-order valence-electron chi connectivity index (χ0n) is 21.2. The number of likely N-dealkylation sites (tertiary alicyclic amines) is 2. The topological polar surface area (TPSA) is 72.0 Å². The van der Waals surface area contributed by atoms with Gasteiger partial charge in [-0.25, -0.2) is 14.6 Å². The molecule has 35 heavy (non-hydrogen) atoms. The number of carbonyl (C=O) groups is 2. The first-order valence-electron chi connectivity index (χ1n) is 12.6. The molecule has 0 bridgehead atoms. The van der Waals surface area contributed by atoms with E-state index in [0.29, 0.717) is 17.2 Å². The van der Waals surface area contributed by atoms with Gasteiger partial charge in [0.15, 0.2) is 0 Å². The third-order valence-electron chi connectivity index (χ3n) is 7.67. The fraction of sp³-hybridized carbons (Fsp3) is 0.536. The monoisotopic (exact) mass is 477 g/mol. The van der Waals surface area contributed by atoms with Crippen molar-refractivity contribution in [2.75, 3.05) is 33.3 Å². The van der Waals surface area contributed by atoms with Gasteiger partial charge in [-0.2, -0.15) is 0 Å². The van der Waals surface area contributed by atoms with Crippen LogP contribution in [-0.2, 0) is 15.9 Å². The van der Waals surface area contributed by atoms with Crippen LogP contribution in [0.2, 0.25) is 0 Å². The standard InChI is InChI=1S/C28H35N3O4/c1-27(2,3)35-26(33)30-13-11-28(12-14-30)17-31(18-28)24-10-7-20-15-19(5-8-22(20)24)21-6-9-23(29-16-21)25(32)34-4/h5-6,8-9,15-16,24H,7,10-14,17-18H2,1-4H3/t24-/m1/s1. The van der Waals surface area contributed by atoms with Crippen LogP contribution in [0.5, 0.6) is 0 Å². The normalized spacial score (nSPS) is 21.4. The van der Waals surface area contributed by atoms with Crippen molar-refractivity contribution < 1.29 is 19.1 Å². The largest absolute Gasteiger partial charge is 0.464 e. The second kappa shape index (κ2) is 8.94. The van der Waals surface area contributed by atoms with Crippen molar-refractivity contribution >= 4 is 12.1 Å². The maximum atomic E-state index is 12.4. The second-order valence-electron chi connectivity index (χ2n) is 11.3. The number of aromatic nitrogens is 1. The highest BCUT2D eigenvalue weighted by Crippen LogP contribution is 2.48. The fourth-order valence-corrected chi connectivity index (χ4v) is 5.79. The van der Waals surface area contributed by atoms with Crippen molar-refractivity contribution in [3.8, 4) is 11.1 Å². The van der Waals surface area contributed by atoms with Crippen LogP contribution >= 0.6 is 0 Å². The predicted molar refractivity (Wildman–Crippen MR) is 133 cm³/mol. The van der Waals surface area contributed by atoms with Gasteiger partial charge in [0.25, 0.3) is 0 Å². The Kier molecular flexibility index (Phi) is 6.08. The molecule has 7 nitrogen and oxygen atoms in total. The van der Waals surface area contributed by atoms with E-state index in [2.05, 4.69) is 28.1 Å². The molecule has 1 aromatic carbocycles. The number of fused-ring (bicyclic) bond motifs is 1. The number of esters is 1. The molecule has 186 valence electrons. The van der Waals surface area contributed by atoms with Gasteiger partial charge >= 0.3 is 12.1 Å². The molecule has 1 spiro atoms. The Bertz CT molecular complexity index is 1110. The summed E-state index contributed by atoms with van der Waals surface area (Å²) in [6.45, 7) is 9.55. The molecule has 0 unspecified atom stereocenters. The van der Waals surface area contributed by atoms with E-state index in [1.807, 2.05) is 31.7 Å². The first-order chi connectivity index (χ1) is 16.7. The number of nitrogens with zero attached hydrogens (tertiary/aromatic N) is 3. The summed E-state index contributed by atoms with van der Waals surface area (Å²) in [7, 11) is 1.36. The lowest BCUT2D eigenvalue weighted by atomic mass is 9.71. The van der Waals surface area contributed by atoms with Gasteiger partial charge in [0.2, 0.25) is 0 Å². The van der Waals surface area contributed by atoms with Crippen LogP contribution in [0.15, 0.2) is 36.5 Å². The summed E-state index contributed by atoms with van der Waals surface area (Å²) in [4.78, 5) is 32.8. The summed E-state index contributed by atoms with van der Waals surface area (Å²) in [6, 6.07) is 10.8. The Morgan fingerprint density at radius 3 is 2.40 bits per heavy atom. The van der Waals surface area contributed by atoms with Crippen LogP contribution in [0.25, 0.3) is 11.1 Å². The summed E-state index contributed by atoms with van der Waals surface area (Å²) in [5, 5.41) is 0. The summed E-state index contributed by atoms with van der Waals surface area (Å²) < 4.78 is 10.3. The van der Waals surface area contributed by atoms with Gasteiger partial charge in [0.05, 0.1) is 7.11 Å². The van der Waals surface area contributed by atoms with Crippen molar-refractivity contribution in [3.63, 3.8) is 0 Å². The number of hydrogen-bond donors (Lipinski definition) is 0. The molecule has 0 radical (unpaired) electrons. The van der Waals surface area contributed by atoms with Crippen molar-refractivity contribution in [2.24, 2.45) is 5.41 Å². The number of carbonyl (C=O) groups excluding carboxylic acids is 2. The predicted octanol–water partition coefficient (Wildman–Crippen LogP) is 4.86. The quantitative estimate of drug-likeness (QED) is 0.588. The number of amides is 1. The Hall–Kier alpha value is -2.93. The van der Waals surface area contributed by atoms with E-state index in [4.69, 9.17) is 9.47 Å².